The second kappa shape index (κ2) is 8.19. The molecular weight excluding hydrogens is 258 g/mol. The third-order valence-electron chi connectivity index (χ3n) is 2.79. The highest BCUT2D eigenvalue weighted by atomic mass is 16.6. The first-order chi connectivity index (χ1) is 9.56. The van der Waals surface area contributed by atoms with E-state index >= 15 is 0 Å². The van der Waals surface area contributed by atoms with E-state index in [-0.39, 0.29) is 13.0 Å². The number of carbonyl (C=O) groups is 2. The van der Waals surface area contributed by atoms with E-state index in [0.717, 1.165) is 5.56 Å². The standard InChI is InChI=1S/C15H21NO4/c1-3-13(15(18)19-4-2)20-14(17)10-7-11-5-8-12(16)9-6-11/h5-6,8-9,13H,3-4,7,10,16H2,1-2H3. The highest BCUT2D eigenvalue weighted by Gasteiger charge is 2.21. The summed E-state index contributed by atoms with van der Waals surface area (Å²) in [4.78, 5) is 23.2. The Kier molecular flexibility index (Phi) is 6.56. The maximum absolute atomic E-state index is 11.7. The summed E-state index contributed by atoms with van der Waals surface area (Å²) < 4.78 is 9.96. The summed E-state index contributed by atoms with van der Waals surface area (Å²) in [6.45, 7) is 3.76. The van der Waals surface area contributed by atoms with Crippen LogP contribution in [0.25, 0.3) is 0 Å². The van der Waals surface area contributed by atoms with E-state index in [1.54, 1.807) is 26.0 Å². The van der Waals surface area contributed by atoms with Crippen molar-refractivity contribution >= 4 is 17.6 Å². The fourth-order valence-corrected chi connectivity index (χ4v) is 1.68. The average molecular weight is 279 g/mol. The molecular formula is C15H21NO4. The number of nitrogens with two attached hydrogens (primary N) is 1. The monoisotopic (exact) mass is 279 g/mol. The molecule has 1 unspecified atom stereocenters. The van der Waals surface area contributed by atoms with Gasteiger partial charge in [-0.15, -0.1) is 0 Å². The van der Waals surface area contributed by atoms with Crippen molar-refractivity contribution in [2.45, 2.75) is 39.2 Å². The number of rotatable bonds is 7. The minimum atomic E-state index is -0.811. The van der Waals surface area contributed by atoms with E-state index in [0.29, 0.717) is 18.5 Å². The molecule has 0 aliphatic rings. The molecule has 0 bridgehead atoms. The zero-order valence-electron chi connectivity index (χ0n) is 11.9. The second-order valence-corrected chi connectivity index (χ2v) is 4.38. The number of ether oxygens (including phenoxy) is 2. The van der Waals surface area contributed by atoms with Crippen molar-refractivity contribution in [3.63, 3.8) is 0 Å². The Morgan fingerprint density at radius 1 is 1.20 bits per heavy atom. The van der Waals surface area contributed by atoms with Gasteiger partial charge in [0, 0.05) is 12.1 Å². The molecule has 0 aliphatic carbocycles. The fraction of sp³-hybridized carbons (Fsp3) is 0.467. The maximum Gasteiger partial charge on any atom is 0.347 e. The normalized spacial score (nSPS) is 11.7. The molecule has 1 rings (SSSR count). The lowest BCUT2D eigenvalue weighted by Crippen LogP contribution is -2.28. The van der Waals surface area contributed by atoms with Gasteiger partial charge >= 0.3 is 11.9 Å². The van der Waals surface area contributed by atoms with Crippen LogP contribution in [0.2, 0.25) is 0 Å². The van der Waals surface area contributed by atoms with Crippen molar-refractivity contribution in [1.29, 1.82) is 0 Å². The molecule has 1 aromatic carbocycles. The van der Waals surface area contributed by atoms with Gasteiger partial charge in [-0.3, -0.25) is 4.79 Å². The fourth-order valence-electron chi connectivity index (χ4n) is 1.68. The molecule has 0 aromatic heterocycles. The van der Waals surface area contributed by atoms with E-state index in [9.17, 15) is 9.59 Å². The summed E-state index contributed by atoms with van der Waals surface area (Å²) in [6.07, 6.45) is 0.374. The van der Waals surface area contributed by atoms with Gasteiger partial charge in [-0.25, -0.2) is 4.79 Å². The van der Waals surface area contributed by atoms with Crippen LogP contribution in [-0.2, 0) is 25.5 Å². The van der Waals surface area contributed by atoms with Gasteiger partial charge < -0.3 is 15.2 Å². The second-order valence-electron chi connectivity index (χ2n) is 4.38. The zero-order chi connectivity index (χ0) is 15.0. The topological polar surface area (TPSA) is 78.6 Å². The lowest BCUT2D eigenvalue weighted by molar-refractivity contribution is -0.167. The Hall–Kier alpha value is -2.04. The summed E-state index contributed by atoms with van der Waals surface area (Å²) in [5, 5.41) is 0. The van der Waals surface area contributed by atoms with Crippen molar-refractivity contribution in [3.8, 4) is 0 Å². The molecule has 1 atom stereocenters. The van der Waals surface area contributed by atoms with Gasteiger partial charge in [-0.1, -0.05) is 19.1 Å². The number of esters is 2. The van der Waals surface area contributed by atoms with Crippen LogP contribution in [0.4, 0.5) is 5.69 Å². The third kappa shape index (κ3) is 5.30. The van der Waals surface area contributed by atoms with Gasteiger partial charge in [0.15, 0.2) is 6.10 Å². The van der Waals surface area contributed by atoms with Crippen LogP contribution in [0.1, 0.15) is 32.3 Å². The van der Waals surface area contributed by atoms with Gasteiger partial charge in [0.2, 0.25) is 0 Å². The highest BCUT2D eigenvalue weighted by Crippen LogP contribution is 2.09. The Morgan fingerprint density at radius 3 is 2.40 bits per heavy atom. The van der Waals surface area contributed by atoms with Crippen LogP contribution in [0.15, 0.2) is 24.3 Å². The van der Waals surface area contributed by atoms with Gasteiger partial charge in [-0.2, -0.15) is 0 Å². The molecule has 0 spiro atoms. The molecule has 0 amide bonds. The first kappa shape index (κ1) is 16.0. The first-order valence-electron chi connectivity index (χ1n) is 6.77. The SMILES string of the molecule is CCOC(=O)C(CC)OC(=O)CCc1ccc(N)cc1. The maximum atomic E-state index is 11.7. The lowest BCUT2D eigenvalue weighted by Gasteiger charge is -2.14. The smallest absolute Gasteiger partial charge is 0.347 e. The highest BCUT2D eigenvalue weighted by molar-refractivity contribution is 5.79. The number of aryl methyl sites for hydroxylation is 1. The van der Waals surface area contributed by atoms with E-state index in [1.807, 2.05) is 12.1 Å². The minimum Gasteiger partial charge on any atom is -0.463 e. The molecule has 5 nitrogen and oxygen atoms in total. The largest absolute Gasteiger partial charge is 0.463 e. The average Bonchev–Trinajstić information content (AvgIpc) is 2.44. The van der Waals surface area contributed by atoms with Crippen molar-refractivity contribution < 1.29 is 19.1 Å². The summed E-state index contributed by atoms with van der Waals surface area (Å²) in [7, 11) is 0. The number of anilines is 1. The lowest BCUT2D eigenvalue weighted by atomic mass is 10.1. The molecule has 0 aliphatic heterocycles. The van der Waals surface area contributed by atoms with E-state index < -0.39 is 18.0 Å². The molecule has 110 valence electrons. The molecule has 1 aromatic rings. The molecule has 20 heavy (non-hydrogen) atoms. The minimum absolute atomic E-state index is 0.222. The molecule has 0 radical (unpaired) electrons. The van der Waals surface area contributed by atoms with Gasteiger partial charge in [0.1, 0.15) is 0 Å². The van der Waals surface area contributed by atoms with Gasteiger partial charge in [0.05, 0.1) is 6.61 Å². The Balaban J connectivity index is 2.42. The van der Waals surface area contributed by atoms with E-state index in [2.05, 4.69) is 0 Å². The van der Waals surface area contributed by atoms with Crippen LogP contribution in [-0.4, -0.2) is 24.6 Å². The van der Waals surface area contributed by atoms with E-state index in [4.69, 9.17) is 15.2 Å². The Labute approximate surface area is 119 Å². The molecule has 0 heterocycles. The Bertz CT molecular complexity index is 442. The number of carbonyl (C=O) groups excluding carboxylic acids is 2. The Morgan fingerprint density at radius 2 is 1.85 bits per heavy atom. The quantitative estimate of drug-likeness (QED) is 0.610. The van der Waals surface area contributed by atoms with Crippen LogP contribution in [0.3, 0.4) is 0 Å². The molecule has 5 heteroatoms. The summed E-state index contributed by atoms with van der Waals surface area (Å²) >= 11 is 0. The van der Waals surface area contributed by atoms with Crippen molar-refractivity contribution in [1.82, 2.24) is 0 Å². The molecule has 2 N–H and O–H groups in total. The van der Waals surface area contributed by atoms with Crippen LogP contribution < -0.4 is 5.73 Å². The van der Waals surface area contributed by atoms with Crippen LogP contribution in [0.5, 0.6) is 0 Å². The van der Waals surface area contributed by atoms with Gasteiger partial charge in [-0.05, 0) is 37.5 Å². The number of hydrogen-bond donors (Lipinski definition) is 1. The van der Waals surface area contributed by atoms with Crippen molar-refractivity contribution in [2.75, 3.05) is 12.3 Å². The van der Waals surface area contributed by atoms with Crippen LogP contribution in [0, 0.1) is 0 Å². The molecule has 0 saturated carbocycles. The molecule has 0 fully saturated rings. The summed E-state index contributed by atoms with van der Waals surface area (Å²) in [5.41, 5.74) is 7.27. The first-order valence-corrected chi connectivity index (χ1v) is 6.77. The van der Waals surface area contributed by atoms with E-state index in [1.165, 1.54) is 0 Å². The number of nitrogen functional groups attached to an aromatic ring is 1. The molecule has 0 saturated heterocycles. The zero-order valence-corrected chi connectivity index (χ0v) is 11.9. The summed E-state index contributed by atoms with van der Waals surface area (Å²) in [5.74, 6) is -0.891. The van der Waals surface area contributed by atoms with Gasteiger partial charge in [0.25, 0.3) is 0 Å². The van der Waals surface area contributed by atoms with Crippen molar-refractivity contribution in [3.05, 3.63) is 29.8 Å². The predicted molar refractivity (Wildman–Crippen MR) is 76.0 cm³/mol. The number of benzene rings is 1. The van der Waals surface area contributed by atoms with Crippen LogP contribution >= 0.6 is 0 Å². The third-order valence-corrected chi connectivity index (χ3v) is 2.79. The van der Waals surface area contributed by atoms with Crippen molar-refractivity contribution in [2.24, 2.45) is 0 Å². The number of hydrogen-bond acceptors (Lipinski definition) is 5. The summed E-state index contributed by atoms with van der Waals surface area (Å²) in [6, 6.07) is 7.30. The predicted octanol–water partition coefficient (Wildman–Crippen LogP) is 2.09.